The number of benzene rings is 1. The fourth-order valence-corrected chi connectivity index (χ4v) is 2.27. The van der Waals surface area contributed by atoms with E-state index in [4.69, 9.17) is 10.5 Å². The summed E-state index contributed by atoms with van der Waals surface area (Å²) >= 11 is 1.74. The Morgan fingerprint density at radius 2 is 2.18 bits per heavy atom. The van der Waals surface area contributed by atoms with Gasteiger partial charge in [0.05, 0.1) is 12.2 Å². The molecule has 0 aromatic heterocycles. The Morgan fingerprint density at radius 3 is 2.76 bits per heavy atom. The molecule has 0 bridgehead atoms. The number of ether oxygens (including phenoxy) is 1. The number of nitrogens with two attached hydrogens (primary N) is 1. The number of anilines is 1. The number of hydrogen-bond donors (Lipinski definition) is 1. The first-order valence-corrected chi connectivity index (χ1v) is 6.69. The zero-order valence-electron chi connectivity index (χ0n) is 10.5. The number of carbonyl (C=O) groups is 1. The first-order chi connectivity index (χ1) is 8.08. The van der Waals surface area contributed by atoms with Crippen LogP contribution < -0.4 is 5.73 Å². The zero-order valence-corrected chi connectivity index (χ0v) is 11.3. The second-order valence-electron chi connectivity index (χ2n) is 3.81. The van der Waals surface area contributed by atoms with E-state index >= 15 is 0 Å². The Bertz CT molecular complexity index is 393. The summed E-state index contributed by atoms with van der Waals surface area (Å²) in [6.45, 7) is 6.44. The monoisotopic (exact) mass is 253 g/mol. The van der Waals surface area contributed by atoms with Gasteiger partial charge in [0, 0.05) is 15.8 Å². The van der Waals surface area contributed by atoms with Crippen molar-refractivity contribution in [2.24, 2.45) is 0 Å². The van der Waals surface area contributed by atoms with Crippen LogP contribution in [0.4, 0.5) is 5.69 Å². The van der Waals surface area contributed by atoms with Crippen LogP contribution in [-0.4, -0.2) is 17.8 Å². The van der Waals surface area contributed by atoms with Crippen LogP contribution in [0.25, 0.3) is 0 Å². The summed E-state index contributed by atoms with van der Waals surface area (Å²) in [6, 6.07) is 5.51. The molecule has 4 heteroatoms. The van der Waals surface area contributed by atoms with Gasteiger partial charge < -0.3 is 10.5 Å². The molecule has 3 nitrogen and oxygen atoms in total. The van der Waals surface area contributed by atoms with E-state index in [2.05, 4.69) is 13.8 Å². The van der Waals surface area contributed by atoms with Gasteiger partial charge in [-0.2, -0.15) is 0 Å². The van der Waals surface area contributed by atoms with Crippen molar-refractivity contribution in [2.75, 3.05) is 12.3 Å². The molecule has 1 aromatic rings. The molecular weight excluding hydrogens is 234 g/mol. The van der Waals surface area contributed by atoms with E-state index < -0.39 is 0 Å². The van der Waals surface area contributed by atoms with Crippen molar-refractivity contribution in [2.45, 2.75) is 37.3 Å². The summed E-state index contributed by atoms with van der Waals surface area (Å²) in [6.07, 6.45) is 1.09. The highest BCUT2D eigenvalue weighted by molar-refractivity contribution is 7.99. The maximum atomic E-state index is 11.7. The van der Waals surface area contributed by atoms with Gasteiger partial charge in [-0.25, -0.2) is 4.79 Å². The maximum absolute atomic E-state index is 11.7. The van der Waals surface area contributed by atoms with Gasteiger partial charge in [0.25, 0.3) is 0 Å². The van der Waals surface area contributed by atoms with Crippen molar-refractivity contribution in [1.82, 2.24) is 0 Å². The predicted octanol–water partition coefficient (Wildman–Crippen LogP) is 3.34. The average Bonchev–Trinajstić information content (AvgIpc) is 2.31. The highest BCUT2D eigenvalue weighted by Crippen LogP contribution is 2.28. The quantitative estimate of drug-likeness (QED) is 0.497. The van der Waals surface area contributed by atoms with Crippen molar-refractivity contribution in [3.05, 3.63) is 23.8 Å². The van der Waals surface area contributed by atoms with Crippen molar-refractivity contribution in [3.8, 4) is 0 Å². The predicted molar refractivity (Wildman–Crippen MR) is 72.4 cm³/mol. The van der Waals surface area contributed by atoms with Crippen LogP contribution in [0.15, 0.2) is 23.1 Å². The molecule has 0 saturated heterocycles. The number of hydrogen-bond acceptors (Lipinski definition) is 4. The molecule has 0 radical (unpaired) electrons. The van der Waals surface area contributed by atoms with Crippen molar-refractivity contribution < 1.29 is 9.53 Å². The molecule has 1 rings (SSSR count). The van der Waals surface area contributed by atoms with E-state index in [1.165, 1.54) is 0 Å². The first-order valence-electron chi connectivity index (χ1n) is 5.81. The van der Waals surface area contributed by atoms with Gasteiger partial charge in [0.2, 0.25) is 0 Å². The van der Waals surface area contributed by atoms with Gasteiger partial charge in [-0.05, 0) is 31.5 Å². The summed E-state index contributed by atoms with van der Waals surface area (Å²) < 4.78 is 4.97. The number of rotatable bonds is 5. The maximum Gasteiger partial charge on any atom is 0.340 e. The lowest BCUT2D eigenvalue weighted by Gasteiger charge is -2.11. The Kier molecular flexibility index (Phi) is 5.35. The summed E-state index contributed by atoms with van der Waals surface area (Å²) in [7, 11) is 0. The van der Waals surface area contributed by atoms with E-state index in [-0.39, 0.29) is 5.97 Å². The van der Waals surface area contributed by atoms with Crippen molar-refractivity contribution in [3.63, 3.8) is 0 Å². The summed E-state index contributed by atoms with van der Waals surface area (Å²) in [5, 5.41) is 0.522. The minimum absolute atomic E-state index is 0.350. The molecule has 2 N–H and O–H groups in total. The van der Waals surface area contributed by atoms with Crippen LogP contribution >= 0.6 is 11.8 Å². The molecule has 0 heterocycles. The minimum atomic E-state index is -0.350. The minimum Gasteiger partial charge on any atom is -0.462 e. The van der Waals surface area contributed by atoms with E-state index in [0.717, 1.165) is 11.3 Å². The second kappa shape index (κ2) is 6.55. The fraction of sp³-hybridized carbons (Fsp3) is 0.462. The third kappa shape index (κ3) is 3.97. The molecule has 0 aliphatic heterocycles. The molecule has 1 unspecified atom stereocenters. The van der Waals surface area contributed by atoms with Gasteiger partial charge in [-0.15, -0.1) is 11.8 Å². The molecule has 0 saturated carbocycles. The summed E-state index contributed by atoms with van der Waals surface area (Å²) in [5.41, 5.74) is 6.70. The zero-order chi connectivity index (χ0) is 12.8. The van der Waals surface area contributed by atoms with Crippen LogP contribution in [0.5, 0.6) is 0 Å². The molecule has 1 aromatic carbocycles. The Labute approximate surface area is 107 Å². The van der Waals surface area contributed by atoms with Gasteiger partial charge in [0.15, 0.2) is 0 Å². The molecule has 0 fully saturated rings. The van der Waals surface area contributed by atoms with Gasteiger partial charge >= 0.3 is 5.97 Å². The van der Waals surface area contributed by atoms with E-state index in [9.17, 15) is 4.79 Å². The number of thioether (sulfide) groups is 1. The average molecular weight is 253 g/mol. The van der Waals surface area contributed by atoms with Gasteiger partial charge in [-0.3, -0.25) is 0 Å². The highest BCUT2D eigenvalue weighted by atomic mass is 32.2. The van der Waals surface area contributed by atoms with Crippen molar-refractivity contribution in [1.29, 1.82) is 0 Å². The van der Waals surface area contributed by atoms with Gasteiger partial charge in [0.1, 0.15) is 0 Å². The molecule has 0 aliphatic carbocycles. The Morgan fingerprint density at radius 1 is 1.47 bits per heavy atom. The molecule has 0 aliphatic rings. The lowest BCUT2D eigenvalue weighted by atomic mass is 10.2. The Hall–Kier alpha value is -1.16. The number of esters is 1. The molecule has 17 heavy (non-hydrogen) atoms. The van der Waals surface area contributed by atoms with E-state index in [0.29, 0.717) is 23.1 Å². The van der Waals surface area contributed by atoms with Crippen LogP contribution in [0, 0.1) is 0 Å². The summed E-state index contributed by atoms with van der Waals surface area (Å²) in [5.74, 6) is -0.350. The molecule has 94 valence electrons. The third-order valence-electron chi connectivity index (χ3n) is 2.43. The third-order valence-corrected chi connectivity index (χ3v) is 3.69. The van der Waals surface area contributed by atoms with Crippen LogP contribution in [0.1, 0.15) is 37.6 Å². The van der Waals surface area contributed by atoms with Crippen molar-refractivity contribution >= 4 is 23.4 Å². The first kappa shape index (κ1) is 13.9. The largest absolute Gasteiger partial charge is 0.462 e. The summed E-state index contributed by atoms with van der Waals surface area (Å²) in [4.78, 5) is 12.7. The van der Waals surface area contributed by atoms with Crippen LogP contribution in [0.3, 0.4) is 0 Å². The smallest absolute Gasteiger partial charge is 0.340 e. The topological polar surface area (TPSA) is 52.3 Å². The van der Waals surface area contributed by atoms with Crippen LogP contribution in [-0.2, 0) is 4.74 Å². The van der Waals surface area contributed by atoms with E-state index in [1.54, 1.807) is 24.8 Å². The second-order valence-corrected chi connectivity index (χ2v) is 5.32. The van der Waals surface area contributed by atoms with Crippen LogP contribution in [0.2, 0.25) is 0 Å². The molecular formula is C13H19NO2S. The molecule has 1 atom stereocenters. The number of nitrogen functional groups attached to an aromatic ring is 1. The Balaban J connectivity index is 2.90. The molecule has 0 amide bonds. The lowest BCUT2D eigenvalue weighted by Crippen LogP contribution is -2.08. The number of carbonyl (C=O) groups excluding carboxylic acids is 1. The van der Waals surface area contributed by atoms with Gasteiger partial charge in [-0.1, -0.05) is 13.8 Å². The lowest BCUT2D eigenvalue weighted by molar-refractivity contribution is 0.0527. The fourth-order valence-electron chi connectivity index (χ4n) is 1.31. The van der Waals surface area contributed by atoms with E-state index in [1.807, 2.05) is 12.1 Å². The standard InChI is InChI=1S/C13H19NO2S/c1-4-9(3)17-10-6-7-12(14)11(8-10)13(15)16-5-2/h6-9H,4-5,14H2,1-3H3. The normalized spacial score (nSPS) is 12.2. The molecule has 0 spiro atoms. The SMILES string of the molecule is CCOC(=O)c1cc(SC(C)CC)ccc1N. The highest BCUT2D eigenvalue weighted by Gasteiger charge is 2.12.